The molecule has 2 fully saturated rings. The van der Waals surface area contributed by atoms with E-state index in [0.717, 1.165) is 13.0 Å². The summed E-state index contributed by atoms with van der Waals surface area (Å²) in [6.45, 7) is 3.50. The smallest absolute Gasteiger partial charge is 0.115 e. The first-order chi connectivity index (χ1) is 13.2. The second-order valence-electron chi connectivity index (χ2n) is 8.38. The Kier molecular flexibility index (Phi) is 5.40. The third-order valence-electron chi connectivity index (χ3n) is 6.72. The molecule has 2 aromatic rings. The predicted molar refractivity (Wildman–Crippen MR) is 109 cm³/mol. The van der Waals surface area contributed by atoms with Crippen molar-refractivity contribution in [2.45, 2.75) is 50.4 Å². The van der Waals surface area contributed by atoms with Crippen LogP contribution in [0.4, 0.5) is 0 Å². The van der Waals surface area contributed by atoms with Gasteiger partial charge >= 0.3 is 0 Å². The Morgan fingerprint density at radius 1 is 0.815 bits per heavy atom. The van der Waals surface area contributed by atoms with Gasteiger partial charge in [-0.1, -0.05) is 43.5 Å². The maximum atomic E-state index is 10.2. The molecule has 1 heterocycles. The summed E-state index contributed by atoms with van der Waals surface area (Å²) in [6.07, 6.45) is 8.67. The van der Waals surface area contributed by atoms with Crippen molar-refractivity contribution in [3.63, 3.8) is 0 Å². The lowest BCUT2D eigenvalue weighted by atomic mass is 9.59. The number of nitrogens with zero attached hydrogens (tertiary/aromatic N) is 1. The normalized spacial score (nSPS) is 23.2. The van der Waals surface area contributed by atoms with E-state index in [1.807, 2.05) is 24.3 Å². The zero-order chi connectivity index (χ0) is 18.7. The molecule has 0 amide bonds. The SMILES string of the molecule is Oc1cccc(C2(c3cccc(O)c3)CCCCC2CN2CCCCC2)c1. The molecule has 0 aromatic heterocycles. The van der Waals surface area contributed by atoms with E-state index < -0.39 is 0 Å². The van der Waals surface area contributed by atoms with E-state index >= 15 is 0 Å². The Morgan fingerprint density at radius 3 is 2.04 bits per heavy atom. The predicted octanol–water partition coefficient (Wildman–Crippen LogP) is 5.06. The summed E-state index contributed by atoms with van der Waals surface area (Å²) in [6, 6.07) is 15.6. The van der Waals surface area contributed by atoms with Crippen LogP contribution in [-0.4, -0.2) is 34.7 Å². The molecule has 27 heavy (non-hydrogen) atoms. The number of phenols is 2. The highest BCUT2D eigenvalue weighted by molar-refractivity contribution is 5.46. The molecule has 1 saturated carbocycles. The van der Waals surface area contributed by atoms with E-state index in [0.29, 0.717) is 17.4 Å². The standard InChI is InChI=1S/C24H31NO2/c26-22-11-6-9-19(16-22)24(20-10-7-12-23(27)17-20)13-3-2-8-21(24)18-25-14-4-1-5-15-25/h6-7,9-12,16-17,21,26-27H,1-5,8,13-15,18H2. The van der Waals surface area contributed by atoms with Gasteiger partial charge in [0.05, 0.1) is 0 Å². The quantitative estimate of drug-likeness (QED) is 0.796. The molecule has 1 unspecified atom stereocenters. The molecule has 2 aliphatic rings. The molecule has 3 heteroatoms. The molecule has 1 atom stereocenters. The average Bonchev–Trinajstić information content (AvgIpc) is 2.69. The van der Waals surface area contributed by atoms with Crippen molar-refractivity contribution >= 4 is 0 Å². The summed E-state index contributed by atoms with van der Waals surface area (Å²) in [7, 11) is 0. The summed E-state index contributed by atoms with van der Waals surface area (Å²) in [5.74, 6) is 1.15. The second-order valence-corrected chi connectivity index (χ2v) is 8.38. The van der Waals surface area contributed by atoms with E-state index in [9.17, 15) is 10.2 Å². The van der Waals surface area contributed by atoms with Gasteiger partial charge in [0.2, 0.25) is 0 Å². The molecule has 1 aliphatic carbocycles. The molecule has 0 spiro atoms. The van der Waals surface area contributed by atoms with Crippen molar-refractivity contribution in [3.05, 3.63) is 59.7 Å². The molecule has 1 saturated heterocycles. The number of likely N-dealkylation sites (tertiary alicyclic amines) is 1. The van der Waals surface area contributed by atoms with Crippen molar-refractivity contribution in [3.8, 4) is 11.5 Å². The lowest BCUT2D eigenvalue weighted by Gasteiger charge is -2.47. The molecular weight excluding hydrogens is 334 g/mol. The fourth-order valence-corrected chi connectivity index (χ4v) is 5.44. The van der Waals surface area contributed by atoms with Crippen LogP contribution >= 0.6 is 0 Å². The zero-order valence-corrected chi connectivity index (χ0v) is 16.1. The van der Waals surface area contributed by atoms with Gasteiger partial charge in [-0.15, -0.1) is 0 Å². The number of hydrogen-bond acceptors (Lipinski definition) is 3. The van der Waals surface area contributed by atoms with E-state index in [2.05, 4.69) is 17.0 Å². The Bertz CT molecular complexity index is 721. The highest BCUT2D eigenvalue weighted by atomic mass is 16.3. The average molecular weight is 366 g/mol. The van der Waals surface area contributed by atoms with Crippen LogP contribution in [0.15, 0.2) is 48.5 Å². The number of benzene rings is 2. The van der Waals surface area contributed by atoms with E-state index in [4.69, 9.17) is 0 Å². The second kappa shape index (κ2) is 7.93. The first-order valence-corrected chi connectivity index (χ1v) is 10.5. The first kappa shape index (κ1) is 18.4. The van der Waals surface area contributed by atoms with Crippen molar-refractivity contribution in [1.82, 2.24) is 4.90 Å². The molecule has 2 N–H and O–H groups in total. The highest BCUT2D eigenvalue weighted by Gasteiger charge is 2.44. The van der Waals surface area contributed by atoms with Crippen LogP contribution < -0.4 is 0 Å². The number of hydrogen-bond donors (Lipinski definition) is 2. The number of phenolic OH excluding ortho intramolecular Hbond substituents is 2. The molecule has 144 valence electrons. The Labute approximate surface area is 162 Å². The summed E-state index contributed by atoms with van der Waals surface area (Å²) in [5, 5.41) is 20.4. The van der Waals surface area contributed by atoms with E-state index in [1.165, 1.54) is 62.7 Å². The Morgan fingerprint density at radius 2 is 1.44 bits per heavy atom. The van der Waals surface area contributed by atoms with Gasteiger partial charge < -0.3 is 15.1 Å². The summed E-state index contributed by atoms with van der Waals surface area (Å²) >= 11 is 0. The maximum absolute atomic E-state index is 10.2. The molecule has 0 bridgehead atoms. The van der Waals surface area contributed by atoms with Crippen LogP contribution in [0.1, 0.15) is 56.1 Å². The fraction of sp³-hybridized carbons (Fsp3) is 0.500. The number of piperidine rings is 1. The maximum Gasteiger partial charge on any atom is 0.115 e. The van der Waals surface area contributed by atoms with Crippen LogP contribution in [-0.2, 0) is 5.41 Å². The number of aromatic hydroxyl groups is 2. The van der Waals surface area contributed by atoms with Crippen molar-refractivity contribution in [1.29, 1.82) is 0 Å². The van der Waals surface area contributed by atoms with Crippen LogP contribution in [0.2, 0.25) is 0 Å². The van der Waals surface area contributed by atoms with Gasteiger partial charge in [-0.05, 0) is 80.1 Å². The molecule has 0 radical (unpaired) electrons. The topological polar surface area (TPSA) is 43.7 Å². The van der Waals surface area contributed by atoms with Gasteiger partial charge in [0, 0.05) is 12.0 Å². The Hall–Kier alpha value is -2.00. The van der Waals surface area contributed by atoms with Crippen LogP contribution in [0, 0.1) is 5.92 Å². The van der Waals surface area contributed by atoms with Crippen LogP contribution in [0.3, 0.4) is 0 Å². The van der Waals surface area contributed by atoms with Gasteiger partial charge in [-0.25, -0.2) is 0 Å². The molecule has 1 aliphatic heterocycles. The third kappa shape index (κ3) is 3.70. The van der Waals surface area contributed by atoms with Crippen molar-refractivity contribution in [2.24, 2.45) is 5.92 Å². The van der Waals surface area contributed by atoms with Crippen LogP contribution in [0.5, 0.6) is 11.5 Å². The monoisotopic (exact) mass is 365 g/mol. The summed E-state index contributed by atoms with van der Waals surface area (Å²) in [4.78, 5) is 2.64. The van der Waals surface area contributed by atoms with Gasteiger partial charge in [0.1, 0.15) is 11.5 Å². The Balaban J connectivity index is 1.79. The largest absolute Gasteiger partial charge is 0.508 e. The zero-order valence-electron chi connectivity index (χ0n) is 16.1. The number of rotatable bonds is 4. The van der Waals surface area contributed by atoms with Gasteiger partial charge in [-0.2, -0.15) is 0 Å². The molecule has 4 rings (SSSR count). The molecular formula is C24H31NO2. The van der Waals surface area contributed by atoms with Gasteiger partial charge in [-0.3, -0.25) is 0 Å². The van der Waals surface area contributed by atoms with Crippen LogP contribution in [0.25, 0.3) is 0 Å². The summed E-state index contributed by atoms with van der Waals surface area (Å²) < 4.78 is 0. The van der Waals surface area contributed by atoms with E-state index in [1.54, 1.807) is 12.1 Å². The molecule has 2 aromatic carbocycles. The molecule has 3 nitrogen and oxygen atoms in total. The van der Waals surface area contributed by atoms with Gasteiger partial charge in [0.15, 0.2) is 0 Å². The lowest BCUT2D eigenvalue weighted by molar-refractivity contribution is 0.129. The minimum Gasteiger partial charge on any atom is -0.508 e. The third-order valence-corrected chi connectivity index (χ3v) is 6.72. The summed E-state index contributed by atoms with van der Waals surface area (Å²) in [5.41, 5.74) is 2.23. The minimum absolute atomic E-state index is 0.146. The fourth-order valence-electron chi connectivity index (χ4n) is 5.44. The highest BCUT2D eigenvalue weighted by Crippen LogP contribution is 2.50. The minimum atomic E-state index is -0.146. The van der Waals surface area contributed by atoms with Crippen molar-refractivity contribution in [2.75, 3.05) is 19.6 Å². The first-order valence-electron chi connectivity index (χ1n) is 10.5. The van der Waals surface area contributed by atoms with Crippen molar-refractivity contribution < 1.29 is 10.2 Å². The van der Waals surface area contributed by atoms with Gasteiger partial charge in [0.25, 0.3) is 0 Å². The van der Waals surface area contributed by atoms with E-state index in [-0.39, 0.29) is 5.41 Å². The lowest BCUT2D eigenvalue weighted by Crippen LogP contribution is -2.46.